The molecule has 6 heteroatoms. The lowest BCUT2D eigenvalue weighted by atomic mass is 10.1. The van der Waals surface area contributed by atoms with Crippen molar-refractivity contribution in [2.24, 2.45) is 11.7 Å². The Labute approximate surface area is 95.1 Å². The molecule has 0 radical (unpaired) electrons. The Morgan fingerprint density at radius 1 is 1.20 bits per heavy atom. The van der Waals surface area contributed by atoms with Crippen LogP contribution in [-0.4, -0.2) is 33.4 Å². The van der Waals surface area contributed by atoms with E-state index in [0.717, 1.165) is 0 Å². The number of hydrogen-bond donors (Lipinski definition) is 4. The Hall–Kier alpha value is -0.750. The quantitative estimate of drug-likeness (QED) is 0.543. The average molecular weight is 237 g/mol. The zero-order valence-electron chi connectivity index (χ0n) is 9.17. The molecule has 0 amide bonds. The summed E-state index contributed by atoms with van der Waals surface area (Å²) in [5.41, 5.74) is 5.22. The Balaban J connectivity index is 0. The summed E-state index contributed by atoms with van der Waals surface area (Å²) < 4.78 is 0. The second-order valence-corrected chi connectivity index (χ2v) is 4.36. The van der Waals surface area contributed by atoms with E-state index in [2.05, 4.69) is 12.6 Å². The van der Waals surface area contributed by atoms with Crippen molar-refractivity contribution in [3.8, 4) is 0 Å². The SMILES string of the molecule is CC(C)C[C@H](N)C(=O)O.CC(S)C(=O)O. The second kappa shape index (κ2) is 8.55. The van der Waals surface area contributed by atoms with Gasteiger partial charge >= 0.3 is 11.9 Å². The van der Waals surface area contributed by atoms with Crippen LogP contribution in [0.3, 0.4) is 0 Å². The highest BCUT2D eigenvalue weighted by Crippen LogP contribution is 2.01. The van der Waals surface area contributed by atoms with Gasteiger partial charge in [0.2, 0.25) is 0 Å². The first-order valence-electron chi connectivity index (χ1n) is 4.57. The van der Waals surface area contributed by atoms with Gasteiger partial charge in [-0.15, -0.1) is 0 Å². The first kappa shape index (κ1) is 16.7. The smallest absolute Gasteiger partial charge is 0.320 e. The molecule has 0 aliphatic carbocycles. The van der Waals surface area contributed by atoms with Crippen molar-refractivity contribution in [1.29, 1.82) is 0 Å². The van der Waals surface area contributed by atoms with Gasteiger partial charge in [0.25, 0.3) is 0 Å². The molecule has 0 aromatic rings. The molecular formula is C9H19NO4S. The van der Waals surface area contributed by atoms with E-state index in [0.29, 0.717) is 12.3 Å². The van der Waals surface area contributed by atoms with Crippen LogP contribution in [0.2, 0.25) is 0 Å². The maximum Gasteiger partial charge on any atom is 0.320 e. The summed E-state index contributed by atoms with van der Waals surface area (Å²) in [6.07, 6.45) is 0.551. The van der Waals surface area contributed by atoms with Crippen LogP contribution in [0.5, 0.6) is 0 Å². The normalized spacial score (nSPS) is 13.7. The van der Waals surface area contributed by atoms with Gasteiger partial charge in [0.1, 0.15) is 6.04 Å². The van der Waals surface area contributed by atoms with Crippen molar-refractivity contribution >= 4 is 24.6 Å². The first-order valence-corrected chi connectivity index (χ1v) is 5.09. The molecule has 0 fully saturated rings. The molecule has 4 N–H and O–H groups in total. The van der Waals surface area contributed by atoms with Gasteiger partial charge in [-0.3, -0.25) is 9.59 Å². The molecule has 0 bridgehead atoms. The number of nitrogens with two attached hydrogens (primary N) is 1. The van der Waals surface area contributed by atoms with E-state index in [1.54, 1.807) is 0 Å². The van der Waals surface area contributed by atoms with Crippen LogP contribution in [0, 0.1) is 5.92 Å². The lowest BCUT2D eigenvalue weighted by Gasteiger charge is -2.07. The minimum Gasteiger partial charge on any atom is -0.480 e. The van der Waals surface area contributed by atoms with Crippen molar-refractivity contribution in [2.75, 3.05) is 0 Å². The fraction of sp³-hybridized carbons (Fsp3) is 0.778. The van der Waals surface area contributed by atoms with Crippen LogP contribution in [0.25, 0.3) is 0 Å². The minimum absolute atomic E-state index is 0.357. The molecule has 0 aromatic carbocycles. The number of rotatable bonds is 4. The van der Waals surface area contributed by atoms with E-state index in [1.807, 2.05) is 13.8 Å². The van der Waals surface area contributed by atoms with Crippen LogP contribution in [0.1, 0.15) is 27.2 Å². The van der Waals surface area contributed by atoms with Gasteiger partial charge in [0.15, 0.2) is 0 Å². The molecule has 1 unspecified atom stereocenters. The van der Waals surface area contributed by atoms with Gasteiger partial charge in [-0.25, -0.2) is 0 Å². The third-order valence-electron chi connectivity index (χ3n) is 1.40. The van der Waals surface area contributed by atoms with E-state index in [4.69, 9.17) is 15.9 Å². The Morgan fingerprint density at radius 3 is 1.60 bits per heavy atom. The number of carboxylic acids is 2. The summed E-state index contributed by atoms with van der Waals surface area (Å²) in [5.74, 6) is -1.43. The minimum atomic E-state index is -0.913. The van der Waals surface area contributed by atoms with Gasteiger partial charge in [-0.05, 0) is 19.3 Å². The van der Waals surface area contributed by atoms with Crippen LogP contribution in [-0.2, 0) is 9.59 Å². The van der Waals surface area contributed by atoms with Crippen LogP contribution >= 0.6 is 12.6 Å². The van der Waals surface area contributed by atoms with Gasteiger partial charge in [-0.2, -0.15) is 12.6 Å². The molecule has 0 heterocycles. The lowest BCUT2D eigenvalue weighted by molar-refractivity contribution is -0.139. The molecule has 5 nitrogen and oxygen atoms in total. The lowest BCUT2D eigenvalue weighted by Crippen LogP contribution is -2.31. The van der Waals surface area contributed by atoms with Crippen molar-refractivity contribution in [1.82, 2.24) is 0 Å². The van der Waals surface area contributed by atoms with Crippen LogP contribution < -0.4 is 5.73 Å². The van der Waals surface area contributed by atoms with Gasteiger partial charge in [0, 0.05) is 0 Å². The van der Waals surface area contributed by atoms with Crippen LogP contribution in [0.15, 0.2) is 0 Å². The van der Waals surface area contributed by atoms with E-state index in [9.17, 15) is 9.59 Å². The predicted molar refractivity (Wildman–Crippen MR) is 61.2 cm³/mol. The number of aliphatic carboxylic acids is 2. The Kier molecular flexibility index (Phi) is 9.50. The summed E-state index contributed by atoms with van der Waals surface area (Å²) in [5, 5.41) is 15.7. The van der Waals surface area contributed by atoms with Crippen molar-refractivity contribution < 1.29 is 19.8 Å². The molecule has 0 saturated carbocycles. The number of hydrogen-bond acceptors (Lipinski definition) is 4. The number of carboxylic acid groups (broad SMARTS) is 2. The van der Waals surface area contributed by atoms with E-state index >= 15 is 0 Å². The third-order valence-corrected chi connectivity index (χ3v) is 1.62. The molecule has 0 spiro atoms. The van der Waals surface area contributed by atoms with Gasteiger partial charge in [-0.1, -0.05) is 13.8 Å². The standard InChI is InChI=1S/C6H13NO2.C3H6O2S/c1-4(2)3-5(7)6(8)9;1-2(6)3(4)5/h4-5H,3,7H2,1-2H3,(H,8,9);2,6H,1H3,(H,4,5)/t5-;/m0./s1. The highest BCUT2D eigenvalue weighted by Gasteiger charge is 2.11. The van der Waals surface area contributed by atoms with Crippen molar-refractivity contribution in [3.63, 3.8) is 0 Å². The summed E-state index contributed by atoms with van der Waals surface area (Å²) in [4.78, 5) is 19.7. The molecule has 0 rings (SSSR count). The molecule has 0 aliphatic heterocycles. The second-order valence-electron chi connectivity index (χ2n) is 3.59. The maximum absolute atomic E-state index is 10.1. The third kappa shape index (κ3) is 13.2. The zero-order chi connectivity index (χ0) is 12.6. The summed E-state index contributed by atoms with van der Waals surface area (Å²) >= 11 is 3.59. The van der Waals surface area contributed by atoms with E-state index in [-0.39, 0.29) is 0 Å². The highest BCUT2D eigenvalue weighted by molar-refractivity contribution is 7.81. The van der Waals surface area contributed by atoms with Crippen LogP contribution in [0.4, 0.5) is 0 Å². The molecule has 0 saturated heterocycles. The Bertz CT molecular complexity index is 206. The van der Waals surface area contributed by atoms with Gasteiger partial charge in [0.05, 0.1) is 5.25 Å². The Morgan fingerprint density at radius 2 is 1.53 bits per heavy atom. The highest BCUT2D eigenvalue weighted by atomic mass is 32.1. The average Bonchev–Trinajstić information content (AvgIpc) is 2.03. The zero-order valence-corrected chi connectivity index (χ0v) is 10.1. The number of thiol groups is 1. The predicted octanol–water partition coefficient (Wildman–Crippen LogP) is 0.834. The largest absolute Gasteiger partial charge is 0.480 e. The maximum atomic E-state index is 10.1. The fourth-order valence-corrected chi connectivity index (χ4v) is 0.609. The molecule has 90 valence electrons. The fourth-order valence-electron chi connectivity index (χ4n) is 0.609. The van der Waals surface area contributed by atoms with Gasteiger partial charge < -0.3 is 15.9 Å². The monoisotopic (exact) mass is 237 g/mol. The molecule has 0 aromatic heterocycles. The molecule has 15 heavy (non-hydrogen) atoms. The molecular weight excluding hydrogens is 218 g/mol. The topological polar surface area (TPSA) is 101 Å². The summed E-state index contributed by atoms with van der Waals surface area (Å²) in [6.45, 7) is 5.40. The van der Waals surface area contributed by atoms with Crippen molar-refractivity contribution in [2.45, 2.75) is 38.5 Å². The molecule has 2 atom stereocenters. The summed E-state index contributed by atoms with van der Waals surface area (Å²) in [7, 11) is 0. The van der Waals surface area contributed by atoms with E-state index < -0.39 is 23.2 Å². The number of carbonyl (C=O) groups is 2. The van der Waals surface area contributed by atoms with E-state index in [1.165, 1.54) is 6.92 Å². The molecule has 0 aliphatic rings. The summed E-state index contributed by atoms with van der Waals surface area (Å²) in [6, 6.07) is -0.690. The first-order chi connectivity index (χ1) is 6.68. The van der Waals surface area contributed by atoms with Crippen molar-refractivity contribution in [3.05, 3.63) is 0 Å².